The lowest BCUT2D eigenvalue weighted by Gasteiger charge is -2.18. The van der Waals surface area contributed by atoms with Gasteiger partial charge in [-0.3, -0.25) is 9.69 Å². The van der Waals surface area contributed by atoms with Gasteiger partial charge >= 0.3 is 6.18 Å². The Morgan fingerprint density at radius 2 is 2.11 bits per heavy atom. The van der Waals surface area contributed by atoms with Crippen LogP contribution in [0.5, 0.6) is 0 Å². The van der Waals surface area contributed by atoms with Crippen LogP contribution in [-0.4, -0.2) is 43.7 Å². The van der Waals surface area contributed by atoms with Crippen molar-refractivity contribution >= 4 is 5.91 Å². The number of nitrogens with one attached hydrogen (secondary N) is 1. The Balaban J connectivity index is 2.19. The Hall–Kier alpha value is -1.50. The first-order valence-corrected chi connectivity index (χ1v) is 5.88. The molecule has 0 saturated carbocycles. The third kappa shape index (κ3) is 6.28. The molecule has 4 nitrogen and oxygen atoms in total. The van der Waals surface area contributed by atoms with Gasteiger partial charge in [0.25, 0.3) is 5.91 Å². The molecule has 1 N–H and O–H groups in total. The first-order chi connectivity index (χ1) is 8.78. The molecule has 0 saturated heterocycles. The molecule has 7 heteroatoms. The fraction of sp³-hybridized carbons (Fsp3) is 0.583. The Bertz CT molecular complexity index is 415. The number of hydrogen-bond acceptors (Lipinski definition) is 3. The van der Waals surface area contributed by atoms with Gasteiger partial charge in [0.2, 0.25) is 0 Å². The molecule has 0 unspecified atom stereocenters. The largest absolute Gasteiger partial charge is 0.456 e. The zero-order valence-corrected chi connectivity index (χ0v) is 10.9. The van der Waals surface area contributed by atoms with Gasteiger partial charge in [-0.05, 0) is 39.1 Å². The molecule has 1 aromatic rings. The molecule has 0 atom stereocenters. The van der Waals surface area contributed by atoms with Gasteiger partial charge < -0.3 is 9.73 Å². The highest BCUT2D eigenvalue weighted by Gasteiger charge is 2.28. The second-order valence-corrected chi connectivity index (χ2v) is 4.37. The molecule has 0 aliphatic rings. The van der Waals surface area contributed by atoms with E-state index in [2.05, 4.69) is 5.32 Å². The van der Waals surface area contributed by atoms with Gasteiger partial charge in [-0.25, -0.2) is 0 Å². The normalized spacial score (nSPS) is 11.9. The number of carbonyl (C=O) groups is 1. The van der Waals surface area contributed by atoms with E-state index in [1.54, 1.807) is 19.1 Å². The van der Waals surface area contributed by atoms with Crippen molar-refractivity contribution in [2.24, 2.45) is 0 Å². The fourth-order valence-electron chi connectivity index (χ4n) is 1.58. The number of hydrogen-bond donors (Lipinski definition) is 1. The van der Waals surface area contributed by atoms with Crippen molar-refractivity contribution in [2.75, 3.05) is 26.7 Å². The molecule has 1 aromatic heterocycles. The second-order valence-electron chi connectivity index (χ2n) is 4.37. The van der Waals surface area contributed by atoms with Crippen molar-refractivity contribution in [3.05, 3.63) is 23.7 Å². The van der Waals surface area contributed by atoms with E-state index < -0.39 is 12.7 Å². The summed E-state index contributed by atoms with van der Waals surface area (Å²) in [6.07, 6.45) is -3.75. The second kappa shape index (κ2) is 6.60. The van der Waals surface area contributed by atoms with Gasteiger partial charge in [-0.1, -0.05) is 0 Å². The average molecular weight is 278 g/mol. The molecule has 0 bridgehead atoms. The maximum atomic E-state index is 12.0. The minimum absolute atomic E-state index is 0.209. The molecular formula is C12H17F3N2O2. The van der Waals surface area contributed by atoms with E-state index in [0.29, 0.717) is 18.7 Å². The summed E-state index contributed by atoms with van der Waals surface area (Å²) in [5, 5.41) is 2.59. The molecule has 0 spiro atoms. The number of rotatable bonds is 6. The van der Waals surface area contributed by atoms with Crippen LogP contribution in [0.25, 0.3) is 0 Å². The quantitative estimate of drug-likeness (QED) is 0.811. The first kappa shape index (κ1) is 15.6. The van der Waals surface area contributed by atoms with Crippen LogP contribution >= 0.6 is 0 Å². The van der Waals surface area contributed by atoms with Crippen molar-refractivity contribution in [3.8, 4) is 0 Å². The predicted octanol–water partition coefficient (Wildman–Crippen LogP) is 2.20. The summed E-state index contributed by atoms with van der Waals surface area (Å²) in [4.78, 5) is 12.7. The SMILES string of the molecule is Cc1ccc(C(=O)NCCCN(C)CC(F)(F)F)o1. The molecule has 0 aliphatic carbocycles. The maximum Gasteiger partial charge on any atom is 0.401 e. The van der Waals surface area contributed by atoms with Crippen LogP contribution in [-0.2, 0) is 0 Å². The van der Waals surface area contributed by atoms with E-state index >= 15 is 0 Å². The Kier molecular flexibility index (Phi) is 5.41. The Morgan fingerprint density at radius 1 is 1.42 bits per heavy atom. The van der Waals surface area contributed by atoms with Gasteiger partial charge in [0, 0.05) is 6.54 Å². The van der Waals surface area contributed by atoms with Crippen LogP contribution in [0.15, 0.2) is 16.5 Å². The van der Waals surface area contributed by atoms with E-state index in [-0.39, 0.29) is 18.2 Å². The standard InChI is InChI=1S/C12H17F3N2O2/c1-9-4-5-10(19-9)11(18)16-6-3-7-17(2)8-12(13,14)15/h4-5H,3,6-8H2,1-2H3,(H,16,18). The number of aryl methyl sites for hydroxylation is 1. The van der Waals surface area contributed by atoms with Gasteiger partial charge in [-0.15, -0.1) is 0 Å². The van der Waals surface area contributed by atoms with Crippen molar-refractivity contribution in [1.82, 2.24) is 10.2 Å². The lowest BCUT2D eigenvalue weighted by Crippen LogP contribution is -2.33. The third-order valence-corrected chi connectivity index (χ3v) is 2.42. The van der Waals surface area contributed by atoms with Gasteiger partial charge in [0.1, 0.15) is 5.76 Å². The molecule has 1 rings (SSSR count). The summed E-state index contributed by atoms with van der Waals surface area (Å²) in [6.45, 7) is 1.35. The van der Waals surface area contributed by atoms with Crippen molar-refractivity contribution in [2.45, 2.75) is 19.5 Å². The molecule has 108 valence electrons. The molecule has 19 heavy (non-hydrogen) atoms. The third-order valence-electron chi connectivity index (χ3n) is 2.42. The van der Waals surface area contributed by atoms with Crippen LogP contribution in [0.4, 0.5) is 13.2 Å². The minimum Gasteiger partial charge on any atom is -0.456 e. The topological polar surface area (TPSA) is 45.5 Å². The number of nitrogens with zero attached hydrogens (tertiary/aromatic N) is 1. The molecule has 1 heterocycles. The zero-order valence-electron chi connectivity index (χ0n) is 10.9. The molecule has 0 radical (unpaired) electrons. The van der Waals surface area contributed by atoms with E-state index in [1.165, 1.54) is 11.9 Å². The maximum absolute atomic E-state index is 12.0. The number of alkyl halides is 3. The summed E-state index contributed by atoms with van der Waals surface area (Å²) in [7, 11) is 1.39. The fourth-order valence-corrected chi connectivity index (χ4v) is 1.58. The monoisotopic (exact) mass is 278 g/mol. The minimum atomic E-state index is -4.19. The molecule has 1 amide bonds. The van der Waals surface area contributed by atoms with E-state index in [4.69, 9.17) is 4.42 Å². The van der Waals surface area contributed by atoms with Crippen LogP contribution < -0.4 is 5.32 Å². The van der Waals surface area contributed by atoms with E-state index in [1.807, 2.05) is 0 Å². The van der Waals surface area contributed by atoms with Crippen molar-refractivity contribution in [3.63, 3.8) is 0 Å². The van der Waals surface area contributed by atoms with Crippen LogP contribution in [0.3, 0.4) is 0 Å². The van der Waals surface area contributed by atoms with Crippen LogP contribution in [0, 0.1) is 6.92 Å². The summed E-state index contributed by atoms with van der Waals surface area (Å²) in [6, 6.07) is 3.23. The number of carbonyl (C=O) groups excluding carboxylic acids is 1. The highest BCUT2D eigenvalue weighted by atomic mass is 19.4. The van der Waals surface area contributed by atoms with Gasteiger partial charge in [0.05, 0.1) is 6.54 Å². The molecular weight excluding hydrogens is 261 g/mol. The summed E-state index contributed by atoms with van der Waals surface area (Å²) in [5.74, 6) is 0.489. The van der Waals surface area contributed by atoms with Crippen molar-refractivity contribution < 1.29 is 22.4 Å². The molecule has 0 aromatic carbocycles. The molecule has 0 aliphatic heterocycles. The van der Waals surface area contributed by atoms with Crippen LogP contribution in [0.1, 0.15) is 22.7 Å². The highest BCUT2D eigenvalue weighted by Crippen LogP contribution is 2.15. The lowest BCUT2D eigenvalue weighted by atomic mass is 10.3. The summed E-state index contributed by atoms with van der Waals surface area (Å²) in [5.41, 5.74) is 0. The van der Waals surface area contributed by atoms with E-state index in [9.17, 15) is 18.0 Å². The highest BCUT2D eigenvalue weighted by molar-refractivity contribution is 5.91. The average Bonchev–Trinajstić information content (AvgIpc) is 2.68. The predicted molar refractivity (Wildman–Crippen MR) is 63.9 cm³/mol. The lowest BCUT2D eigenvalue weighted by molar-refractivity contribution is -0.143. The zero-order chi connectivity index (χ0) is 14.5. The Labute approximate surface area is 109 Å². The van der Waals surface area contributed by atoms with Crippen molar-refractivity contribution in [1.29, 1.82) is 0 Å². The molecule has 0 fully saturated rings. The first-order valence-electron chi connectivity index (χ1n) is 5.88. The summed E-state index contributed by atoms with van der Waals surface area (Å²) < 4.78 is 41.2. The number of halogens is 3. The van der Waals surface area contributed by atoms with Gasteiger partial charge in [0.15, 0.2) is 5.76 Å². The Morgan fingerprint density at radius 3 is 2.63 bits per heavy atom. The smallest absolute Gasteiger partial charge is 0.401 e. The van der Waals surface area contributed by atoms with Gasteiger partial charge in [-0.2, -0.15) is 13.2 Å². The van der Waals surface area contributed by atoms with E-state index in [0.717, 1.165) is 0 Å². The van der Waals surface area contributed by atoms with Crippen LogP contribution in [0.2, 0.25) is 0 Å². The summed E-state index contributed by atoms with van der Waals surface area (Å²) >= 11 is 0. The number of furan rings is 1. The number of amides is 1.